The Morgan fingerprint density at radius 2 is 1.97 bits per heavy atom. The number of carbonyl (C=O) groups is 3. The first-order valence-electron chi connectivity index (χ1n) is 12.2. The van der Waals surface area contributed by atoms with Crippen molar-refractivity contribution in [2.75, 3.05) is 19.0 Å². The molecular weight excluding hydrogens is 536 g/mol. The molecule has 3 aromatic rings. The van der Waals surface area contributed by atoms with Crippen LogP contribution in [-0.2, 0) is 4.79 Å². The number of nitrogens with zero attached hydrogens (tertiary/aromatic N) is 1. The molecular formula is C26H24ClF2N5O5. The van der Waals surface area contributed by atoms with E-state index in [1.807, 2.05) is 0 Å². The number of urea groups is 1. The molecule has 4 amide bonds. The number of carbonyl (C=O) groups excluding carboxylic acids is 3. The van der Waals surface area contributed by atoms with E-state index >= 15 is 4.39 Å². The minimum Gasteiger partial charge on any atom is -0.496 e. The number of nitrogens with one attached hydrogen (secondary N) is 4. The molecule has 1 atom stereocenters. The van der Waals surface area contributed by atoms with Gasteiger partial charge < -0.3 is 30.7 Å². The van der Waals surface area contributed by atoms with Crippen LogP contribution in [0.1, 0.15) is 36.0 Å². The largest absolute Gasteiger partial charge is 0.496 e. The molecule has 1 saturated carbocycles. The quantitative estimate of drug-likeness (QED) is 0.305. The van der Waals surface area contributed by atoms with Crippen LogP contribution in [0, 0.1) is 11.6 Å². The Labute approximate surface area is 226 Å². The molecule has 0 radical (unpaired) electrons. The van der Waals surface area contributed by atoms with Crippen LogP contribution in [0.2, 0.25) is 5.02 Å². The van der Waals surface area contributed by atoms with Gasteiger partial charge in [-0.2, -0.15) is 0 Å². The summed E-state index contributed by atoms with van der Waals surface area (Å²) in [6.07, 6.45) is 4.05. The van der Waals surface area contributed by atoms with E-state index in [0.717, 1.165) is 18.9 Å². The van der Waals surface area contributed by atoms with E-state index in [-0.39, 0.29) is 52.7 Å². The third-order valence-corrected chi connectivity index (χ3v) is 6.72. The lowest BCUT2D eigenvalue weighted by Crippen LogP contribution is -2.38. The summed E-state index contributed by atoms with van der Waals surface area (Å²) < 4.78 is 41.1. The number of amides is 4. The highest BCUT2D eigenvalue weighted by atomic mass is 35.5. The van der Waals surface area contributed by atoms with Crippen LogP contribution < -0.4 is 30.7 Å². The van der Waals surface area contributed by atoms with Gasteiger partial charge in [0, 0.05) is 48.8 Å². The van der Waals surface area contributed by atoms with Crippen molar-refractivity contribution in [1.29, 1.82) is 0 Å². The minimum atomic E-state index is -1.21. The van der Waals surface area contributed by atoms with Gasteiger partial charge in [0.15, 0.2) is 17.4 Å². The lowest BCUT2D eigenvalue weighted by molar-refractivity contribution is -0.119. The van der Waals surface area contributed by atoms with Gasteiger partial charge in [-0.05, 0) is 31.4 Å². The molecule has 2 fully saturated rings. The van der Waals surface area contributed by atoms with E-state index in [9.17, 15) is 18.8 Å². The van der Waals surface area contributed by atoms with Gasteiger partial charge in [-0.25, -0.2) is 13.6 Å². The van der Waals surface area contributed by atoms with Gasteiger partial charge in [0.1, 0.15) is 16.5 Å². The molecule has 0 spiro atoms. The van der Waals surface area contributed by atoms with E-state index < -0.39 is 34.3 Å². The van der Waals surface area contributed by atoms with Gasteiger partial charge in [0.2, 0.25) is 5.91 Å². The van der Waals surface area contributed by atoms with Crippen LogP contribution in [0.15, 0.2) is 30.5 Å². The van der Waals surface area contributed by atoms with Crippen molar-refractivity contribution < 1.29 is 32.6 Å². The molecule has 204 valence electrons. The van der Waals surface area contributed by atoms with Crippen molar-refractivity contribution in [2.45, 2.75) is 37.8 Å². The number of hydrogen-bond donors (Lipinski definition) is 4. The van der Waals surface area contributed by atoms with Crippen molar-refractivity contribution in [2.24, 2.45) is 0 Å². The summed E-state index contributed by atoms with van der Waals surface area (Å²) >= 11 is 6.08. The van der Waals surface area contributed by atoms with Crippen LogP contribution >= 0.6 is 11.6 Å². The normalized spacial score (nSPS) is 16.5. The number of halogens is 3. The van der Waals surface area contributed by atoms with E-state index in [4.69, 9.17) is 21.1 Å². The Morgan fingerprint density at radius 3 is 2.67 bits per heavy atom. The highest BCUT2D eigenvalue weighted by Gasteiger charge is 2.26. The summed E-state index contributed by atoms with van der Waals surface area (Å²) in [5.41, 5.74) is 0.220. The van der Waals surface area contributed by atoms with Gasteiger partial charge in [0.05, 0.1) is 23.9 Å². The molecule has 1 aliphatic carbocycles. The summed E-state index contributed by atoms with van der Waals surface area (Å²) in [6, 6.07) is 4.42. The fourth-order valence-electron chi connectivity index (χ4n) is 4.17. The minimum absolute atomic E-state index is 0.000752. The van der Waals surface area contributed by atoms with Gasteiger partial charge in [-0.1, -0.05) is 11.6 Å². The molecule has 2 aliphatic rings. The third-order valence-electron chi connectivity index (χ3n) is 6.35. The maximum atomic E-state index is 15.1. The number of ether oxygens (including phenoxy) is 2. The van der Waals surface area contributed by atoms with E-state index in [2.05, 4.69) is 26.3 Å². The standard InChI is InChI=1S/C26H24ClF2N5O5/c1-38-20-10-17-14(8-15(20)25(36)31-11-13-4-5-21(35)32-13)19(6-7-30-17)39-24-16(28)9-18(22(27)23(24)29)34-26(37)33-12-2-3-12/h6-10,12-13H,2-5,11H2,1H3,(H,31,36)(H,32,35)(H2,33,34,37)/t13-/m0/s1. The second kappa shape index (κ2) is 10.9. The predicted molar refractivity (Wildman–Crippen MR) is 138 cm³/mol. The first kappa shape index (κ1) is 26.4. The smallest absolute Gasteiger partial charge is 0.319 e. The fourth-order valence-corrected chi connectivity index (χ4v) is 4.36. The molecule has 13 heteroatoms. The summed E-state index contributed by atoms with van der Waals surface area (Å²) in [5.74, 6) is -3.44. The predicted octanol–water partition coefficient (Wildman–Crippen LogP) is 4.26. The molecule has 10 nitrogen and oxygen atoms in total. The van der Waals surface area contributed by atoms with Crippen LogP contribution in [0.4, 0.5) is 19.3 Å². The van der Waals surface area contributed by atoms with Crippen molar-refractivity contribution >= 4 is 46.0 Å². The molecule has 5 rings (SSSR count). The highest BCUT2D eigenvalue weighted by Crippen LogP contribution is 2.39. The average Bonchev–Trinajstić information content (AvgIpc) is 3.63. The van der Waals surface area contributed by atoms with Gasteiger partial charge >= 0.3 is 6.03 Å². The Morgan fingerprint density at radius 1 is 1.18 bits per heavy atom. The van der Waals surface area contributed by atoms with Gasteiger partial charge in [-0.3, -0.25) is 14.6 Å². The maximum Gasteiger partial charge on any atom is 0.319 e. The summed E-state index contributed by atoms with van der Waals surface area (Å²) in [7, 11) is 1.39. The van der Waals surface area contributed by atoms with E-state index in [0.29, 0.717) is 18.4 Å². The average molecular weight is 560 g/mol. The molecule has 1 aliphatic heterocycles. The number of hydrogen-bond acceptors (Lipinski definition) is 6. The van der Waals surface area contributed by atoms with E-state index in [1.165, 1.54) is 31.5 Å². The van der Waals surface area contributed by atoms with Gasteiger partial charge in [-0.15, -0.1) is 0 Å². The Bertz CT molecular complexity index is 1480. The molecule has 1 aromatic heterocycles. The fraction of sp³-hybridized carbons (Fsp3) is 0.308. The first-order chi connectivity index (χ1) is 18.7. The number of fused-ring (bicyclic) bond motifs is 1. The van der Waals surface area contributed by atoms with Crippen LogP contribution in [-0.4, -0.2) is 48.6 Å². The molecule has 0 unspecified atom stereocenters. The maximum absolute atomic E-state index is 15.1. The molecule has 4 N–H and O–H groups in total. The van der Waals surface area contributed by atoms with Crippen LogP contribution in [0.5, 0.6) is 17.2 Å². The zero-order valence-electron chi connectivity index (χ0n) is 20.7. The number of pyridine rings is 1. The monoisotopic (exact) mass is 559 g/mol. The Kier molecular flexibility index (Phi) is 7.38. The zero-order valence-corrected chi connectivity index (χ0v) is 21.5. The molecule has 2 aromatic carbocycles. The van der Waals surface area contributed by atoms with E-state index in [1.54, 1.807) is 0 Å². The molecule has 0 bridgehead atoms. The number of aromatic nitrogens is 1. The Hall–Kier alpha value is -4.19. The zero-order chi connectivity index (χ0) is 27.7. The number of anilines is 1. The van der Waals surface area contributed by atoms with Crippen molar-refractivity contribution in [3.8, 4) is 17.2 Å². The van der Waals surface area contributed by atoms with Crippen molar-refractivity contribution in [1.82, 2.24) is 20.9 Å². The lowest BCUT2D eigenvalue weighted by Gasteiger charge is -2.16. The highest BCUT2D eigenvalue weighted by molar-refractivity contribution is 6.34. The topological polar surface area (TPSA) is 131 Å². The lowest BCUT2D eigenvalue weighted by atomic mass is 10.1. The molecule has 2 heterocycles. The van der Waals surface area contributed by atoms with Gasteiger partial charge in [0.25, 0.3) is 5.91 Å². The number of methoxy groups -OCH3 is 1. The molecule has 1 saturated heterocycles. The summed E-state index contributed by atoms with van der Waals surface area (Å²) in [5, 5.41) is 10.3. The third kappa shape index (κ3) is 5.80. The SMILES string of the molecule is COc1cc2nccc(Oc3c(F)cc(NC(=O)NC4CC4)c(Cl)c3F)c2cc1C(=O)NC[C@@H]1CCC(=O)N1. The van der Waals surface area contributed by atoms with Crippen LogP contribution in [0.3, 0.4) is 0 Å². The first-order valence-corrected chi connectivity index (χ1v) is 12.6. The van der Waals surface area contributed by atoms with Crippen molar-refractivity contribution in [3.63, 3.8) is 0 Å². The Balaban J connectivity index is 1.42. The summed E-state index contributed by atoms with van der Waals surface area (Å²) in [4.78, 5) is 40.7. The second-order valence-electron chi connectivity index (χ2n) is 9.23. The number of rotatable bonds is 8. The van der Waals surface area contributed by atoms with Crippen molar-refractivity contribution in [3.05, 3.63) is 52.7 Å². The number of benzene rings is 2. The summed E-state index contributed by atoms with van der Waals surface area (Å²) in [6.45, 7) is 0.218. The van der Waals surface area contributed by atoms with Crippen LogP contribution in [0.25, 0.3) is 10.9 Å². The second-order valence-corrected chi connectivity index (χ2v) is 9.61. The molecule has 39 heavy (non-hydrogen) atoms.